The molecule has 2 rings (SSSR count). The van der Waals surface area contributed by atoms with Crippen molar-refractivity contribution >= 4 is 27.9 Å². The quantitative estimate of drug-likeness (QED) is 0.878. The summed E-state index contributed by atoms with van der Waals surface area (Å²) in [5, 5.41) is 11.1. The molecule has 20 heavy (non-hydrogen) atoms. The molecule has 2 N–H and O–H groups in total. The summed E-state index contributed by atoms with van der Waals surface area (Å²) in [6, 6.07) is 5.40. The molecular weight excluding hydrogens is 328 g/mol. The number of amides is 2. The van der Waals surface area contributed by atoms with Crippen LogP contribution in [0.3, 0.4) is 0 Å². The van der Waals surface area contributed by atoms with Crippen LogP contribution in [0.5, 0.6) is 5.75 Å². The third-order valence-corrected chi connectivity index (χ3v) is 3.40. The molecule has 0 unspecified atom stereocenters. The molecule has 0 atom stereocenters. The summed E-state index contributed by atoms with van der Waals surface area (Å²) in [5.74, 6) is -0.159. The lowest BCUT2D eigenvalue weighted by molar-refractivity contribution is -0.136. The average molecular weight is 343 g/mol. The van der Waals surface area contributed by atoms with Gasteiger partial charge < -0.3 is 20.1 Å². The lowest BCUT2D eigenvalue weighted by Crippen LogP contribution is -2.41. The summed E-state index contributed by atoms with van der Waals surface area (Å²) in [6.07, 6.45) is -0.0851. The maximum Gasteiger partial charge on any atom is 0.317 e. The zero-order valence-electron chi connectivity index (χ0n) is 10.8. The first-order chi connectivity index (χ1) is 9.56. The molecule has 0 aromatic heterocycles. The fraction of sp³-hybridized carbons (Fsp3) is 0.385. The number of carbonyl (C=O) groups excluding carboxylic acids is 1. The first-order valence-corrected chi connectivity index (χ1v) is 7.01. The van der Waals surface area contributed by atoms with Gasteiger partial charge in [0, 0.05) is 16.6 Å². The van der Waals surface area contributed by atoms with E-state index in [-0.39, 0.29) is 19.0 Å². The molecule has 0 radical (unpaired) electrons. The number of rotatable bonds is 3. The fourth-order valence-corrected chi connectivity index (χ4v) is 2.33. The van der Waals surface area contributed by atoms with Crippen LogP contribution in [0, 0.1) is 0 Å². The second-order valence-corrected chi connectivity index (χ2v) is 5.31. The van der Waals surface area contributed by atoms with Crippen LogP contribution in [0.1, 0.15) is 12.0 Å². The Balaban J connectivity index is 1.99. The van der Waals surface area contributed by atoms with Crippen LogP contribution >= 0.6 is 15.9 Å². The third-order valence-electron chi connectivity index (χ3n) is 2.90. The Labute approximate surface area is 124 Å². The number of halogens is 1. The summed E-state index contributed by atoms with van der Waals surface area (Å²) >= 11 is 3.39. The van der Waals surface area contributed by atoms with E-state index in [1.54, 1.807) is 4.90 Å². The van der Waals surface area contributed by atoms with Crippen molar-refractivity contribution in [2.24, 2.45) is 0 Å². The molecule has 6 nitrogen and oxygen atoms in total. The average Bonchev–Trinajstić information content (AvgIpc) is 2.59. The van der Waals surface area contributed by atoms with Crippen molar-refractivity contribution in [3.8, 4) is 5.75 Å². The molecular formula is C13H15BrN2O4. The lowest BCUT2D eigenvalue weighted by Gasteiger charge is -2.20. The molecule has 0 saturated heterocycles. The van der Waals surface area contributed by atoms with Gasteiger partial charge in [0.1, 0.15) is 12.4 Å². The van der Waals surface area contributed by atoms with Crippen molar-refractivity contribution < 1.29 is 19.4 Å². The van der Waals surface area contributed by atoms with E-state index in [4.69, 9.17) is 9.84 Å². The van der Waals surface area contributed by atoms with Crippen LogP contribution in [-0.2, 0) is 11.3 Å². The van der Waals surface area contributed by atoms with Crippen LogP contribution < -0.4 is 10.1 Å². The van der Waals surface area contributed by atoms with Crippen LogP contribution in [0.25, 0.3) is 0 Å². The highest BCUT2D eigenvalue weighted by Gasteiger charge is 2.19. The molecule has 0 saturated carbocycles. The van der Waals surface area contributed by atoms with Crippen molar-refractivity contribution in [3.05, 3.63) is 28.2 Å². The maximum atomic E-state index is 12.0. The van der Waals surface area contributed by atoms with Gasteiger partial charge in [-0.2, -0.15) is 0 Å². The van der Waals surface area contributed by atoms with Crippen molar-refractivity contribution in [1.29, 1.82) is 0 Å². The van der Waals surface area contributed by atoms with Gasteiger partial charge in [0.15, 0.2) is 0 Å². The molecule has 0 spiro atoms. The molecule has 108 valence electrons. The Hall–Kier alpha value is -1.76. The standard InChI is InChI=1S/C13H15BrN2O4/c14-10-1-2-11-9(7-10)8-16(5-6-20-11)13(19)15-4-3-12(17)18/h1-2,7H,3-6,8H2,(H,15,19)(H,17,18). The predicted molar refractivity (Wildman–Crippen MR) is 75.7 cm³/mol. The number of nitrogens with one attached hydrogen (secondary N) is 1. The number of nitrogens with zero attached hydrogens (tertiary/aromatic N) is 1. The van der Waals surface area contributed by atoms with Crippen LogP contribution in [-0.4, -0.2) is 41.7 Å². The maximum absolute atomic E-state index is 12.0. The topological polar surface area (TPSA) is 78.9 Å². The van der Waals surface area contributed by atoms with Gasteiger partial charge in [0.2, 0.25) is 0 Å². The summed E-state index contributed by atoms with van der Waals surface area (Å²) in [7, 11) is 0. The minimum absolute atomic E-state index is 0.0851. The molecule has 1 aromatic carbocycles. The number of ether oxygens (including phenoxy) is 1. The third kappa shape index (κ3) is 3.86. The summed E-state index contributed by atoms with van der Waals surface area (Å²) in [4.78, 5) is 24.0. The van der Waals surface area contributed by atoms with Gasteiger partial charge in [0.05, 0.1) is 19.5 Å². The second-order valence-electron chi connectivity index (χ2n) is 4.40. The Kier molecular flexibility index (Phi) is 4.84. The smallest absolute Gasteiger partial charge is 0.317 e. The Morgan fingerprint density at radius 1 is 1.45 bits per heavy atom. The number of carbonyl (C=O) groups is 2. The second kappa shape index (κ2) is 6.60. The number of aliphatic carboxylic acids is 1. The first kappa shape index (κ1) is 14.6. The molecule has 1 heterocycles. The minimum Gasteiger partial charge on any atom is -0.491 e. The van der Waals surface area contributed by atoms with Gasteiger partial charge in [-0.05, 0) is 18.2 Å². The number of hydrogen-bond acceptors (Lipinski definition) is 3. The van der Waals surface area contributed by atoms with E-state index in [9.17, 15) is 9.59 Å². The number of hydrogen-bond donors (Lipinski definition) is 2. The summed E-state index contributed by atoms with van der Waals surface area (Å²) in [6.45, 7) is 1.44. The number of fused-ring (bicyclic) bond motifs is 1. The molecule has 1 aliphatic rings. The Morgan fingerprint density at radius 2 is 2.25 bits per heavy atom. The molecule has 1 aromatic rings. The summed E-state index contributed by atoms with van der Waals surface area (Å²) in [5.41, 5.74) is 0.922. The van der Waals surface area contributed by atoms with Gasteiger partial charge in [-0.15, -0.1) is 0 Å². The molecule has 2 amide bonds. The van der Waals surface area contributed by atoms with Gasteiger partial charge in [-0.25, -0.2) is 4.79 Å². The van der Waals surface area contributed by atoms with Crippen LogP contribution in [0.4, 0.5) is 4.79 Å². The van der Waals surface area contributed by atoms with Crippen molar-refractivity contribution in [2.45, 2.75) is 13.0 Å². The van der Waals surface area contributed by atoms with Gasteiger partial charge in [-0.3, -0.25) is 4.79 Å². The van der Waals surface area contributed by atoms with E-state index in [0.717, 1.165) is 15.8 Å². The van der Waals surface area contributed by atoms with Crippen LogP contribution in [0.15, 0.2) is 22.7 Å². The van der Waals surface area contributed by atoms with Crippen molar-refractivity contribution in [2.75, 3.05) is 19.7 Å². The number of carboxylic acids is 1. The summed E-state index contributed by atoms with van der Waals surface area (Å²) < 4.78 is 6.51. The lowest BCUT2D eigenvalue weighted by atomic mass is 10.2. The first-order valence-electron chi connectivity index (χ1n) is 6.22. The van der Waals surface area contributed by atoms with Gasteiger partial charge in [0.25, 0.3) is 0 Å². The number of benzene rings is 1. The molecule has 0 bridgehead atoms. The fourth-order valence-electron chi connectivity index (χ4n) is 1.92. The number of carboxylic acid groups (broad SMARTS) is 1. The van der Waals surface area contributed by atoms with E-state index >= 15 is 0 Å². The van der Waals surface area contributed by atoms with E-state index in [2.05, 4.69) is 21.2 Å². The monoisotopic (exact) mass is 342 g/mol. The zero-order valence-corrected chi connectivity index (χ0v) is 12.4. The highest BCUT2D eigenvalue weighted by atomic mass is 79.9. The highest BCUT2D eigenvalue weighted by molar-refractivity contribution is 9.10. The largest absolute Gasteiger partial charge is 0.491 e. The normalized spacial score (nSPS) is 13.9. The Morgan fingerprint density at radius 3 is 3.00 bits per heavy atom. The predicted octanol–water partition coefficient (Wildman–Crippen LogP) is 1.83. The number of urea groups is 1. The van der Waals surface area contributed by atoms with Crippen molar-refractivity contribution in [1.82, 2.24) is 10.2 Å². The Bertz CT molecular complexity index is 521. The van der Waals surface area contributed by atoms with E-state index in [1.807, 2.05) is 18.2 Å². The molecule has 0 fully saturated rings. The van der Waals surface area contributed by atoms with E-state index in [1.165, 1.54) is 0 Å². The zero-order chi connectivity index (χ0) is 14.5. The SMILES string of the molecule is O=C(O)CCNC(=O)N1CCOc2ccc(Br)cc2C1. The van der Waals surface area contributed by atoms with E-state index < -0.39 is 5.97 Å². The minimum atomic E-state index is -0.932. The highest BCUT2D eigenvalue weighted by Crippen LogP contribution is 2.26. The molecule has 7 heteroatoms. The van der Waals surface area contributed by atoms with Gasteiger partial charge in [-0.1, -0.05) is 15.9 Å². The van der Waals surface area contributed by atoms with Crippen molar-refractivity contribution in [3.63, 3.8) is 0 Å². The van der Waals surface area contributed by atoms with Gasteiger partial charge >= 0.3 is 12.0 Å². The molecule has 1 aliphatic heterocycles. The van der Waals surface area contributed by atoms with Crippen LogP contribution in [0.2, 0.25) is 0 Å². The van der Waals surface area contributed by atoms with E-state index in [0.29, 0.717) is 19.7 Å². The molecule has 0 aliphatic carbocycles.